The van der Waals surface area contributed by atoms with Crippen molar-refractivity contribution >= 4 is 47.8 Å². The summed E-state index contributed by atoms with van der Waals surface area (Å²) in [6, 6.07) is 0. The van der Waals surface area contributed by atoms with Crippen molar-refractivity contribution < 1.29 is 163 Å². The van der Waals surface area contributed by atoms with Crippen molar-refractivity contribution in [3.63, 3.8) is 0 Å². The van der Waals surface area contributed by atoms with Crippen molar-refractivity contribution in [2.24, 2.45) is 0 Å². The molecule has 0 aliphatic heterocycles. The van der Waals surface area contributed by atoms with Crippen molar-refractivity contribution in [3.8, 4) is 0 Å². The fourth-order valence-corrected chi connectivity index (χ4v) is 0. The SMILES string of the molecule is CC(=O)[O-].CC(=O)[O-].CC(=O)[O-].CC(=O)[O-].CC(=O)[O-].CC(=O)[O-].CC(=O)[O-].CC(=O)[O-].[Pt+2].[Pt+2].[Pt+2].[Pt+2]. The zero-order chi connectivity index (χ0) is 28.6. The monoisotopic (exact) mass is 1250 g/mol. The minimum Gasteiger partial charge on any atom is -0.550 e. The maximum absolute atomic E-state index is 8.89. The zero-order valence-electron chi connectivity index (χ0n) is 19.8. The fourth-order valence-electron chi connectivity index (χ4n) is 0. The molecule has 0 unspecified atom stereocenters. The fraction of sp³-hybridized carbons (Fsp3) is 0.500. The van der Waals surface area contributed by atoms with E-state index >= 15 is 0 Å². The first-order valence-corrected chi connectivity index (χ1v) is 7.27. The quantitative estimate of drug-likeness (QED) is 0.217. The molecule has 0 aromatic rings. The van der Waals surface area contributed by atoms with Crippen LogP contribution in [-0.4, -0.2) is 47.8 Å². The molecule has 0 spiro atoms. The van der Waals surface area contributed by atoms with Gasteiger partial charge in [-0.2, -0.15) is 0 Å². The number of hydrogen-bond acceptors (Lipinski definition) is 16. The average molecular weight is 1250 g/mol. The summed E-state index contributed by atoms with van der Waals surface area (Å²) in [6.45, 7) is 7.78. The molecule has 0 bridgehead atoms. The largest absolute Gasteiger partial charge is 2.00 e. The van der Waals surface area contributed by atoms with Crippen LogP contribution in [0.3, 0.4) is 0 Å². The number of rotatable bonds is 0. The van der Waals surface area contributed by atoms with Gasteiger partial charge in [-0.1, -0.05) is 0 Å². The molecule has 0 aromatic heterocycles. The van der Waals surface area contributed by atoms with Crippen LogP contribution in [-0.2, 0) is 123 Å². The third-order valence-corrected chi connectivity index (χ3v) is 0. The van der Waals surface area contributed by atoms with Crippen LogP contribution < -0.4 is 40.9 Å². The second kappa shape index (κ2) is 69.9. The predicted octanol–water partition coefficient (Wildman–Crippen LogP) is -9.96. The summed E-state index contributed by atoms with van der Waals surface area (Å²) in [7, 11) is 0. The maximum atomic E-state index is 8.89. The Morgan fingerprint density at radius 2 is 0.250 bits per heavy atom. The van der Waals surface area contributed by atoms with Crippen LogP contribution in [0.4, 0.5) is 0 Å². The van der Waals surface area contributed by atoms with E-state index in [9.17, 15) is 0 Å². The molecule has 0 radical (unpaired) electrons. The van der Waals surface area contributed by atoms with Crippen LogP contribution in [0.2, 0.25) is 0 Å². The number of carbonyl (C=O) groups excluding carboxylic acids is 8. The molecular formula is C16H24O16Pt4. The van der Waals surface area contributed by atoms with Gasteiger partial charge in [0.25, 0.3) is 0 Å². The van der Waals surface area contributed by atoms with E-state index in [-0.39, 0.29) is 84.3 Å². The van der Waals surface area contributed by atoms with Gasteiger partial charge in [-0.25, -0.2) is 0 Å². The van der Waals surface area contributed by atoms with Gasteiger partial charge in [-0.15, -0.1) is 0 Å². The number of hydrogen-bond donors (Lipinski definition) is 0. The maximum Gasteiger partial charge on any atom is 2.00 e. The Morgan fingerprint density at radius 3 is 0.250 bits per heavy atom. The van der Waals surface area contributed by atoms with E-state index in [0.717, 1.165) is 55.4 Å². The first-order chi connectivity index (χ1) is 13.9. The van der Waals surface area contributed by atoms with Crippen LogP contribution in [0.5, 0.6) is 0 Å². The summed E-state index contributed by atoms with van der Waals surface area (Å²) in [5.74, 6) is -8.67. The van der Waals surface area contributed by atoms with Crippen LogP contribution >= 0.6 is 0 Å². The molecule has 0 amide bonds. The van der Waals surface area contributed by atoms with Gasteiger partial charge in [0.05, 0.1) is 0 Å². The topological polar surface area (TPSA) is 321 Å². The van der Waals surface area contributed by atoms with Gasteiger partial charge in [0.2, 0.25) is 0 Å². The van der Waals surface area contributed by atoms with E-state index in [1.807, 2.05) is 0 Å². The van der Waals surface area contributed by atoms with Gasteiger partial charge in [0.15, 0.2) is 0 Å². The zero-order valence-corrected chi connectivity index (χ0v) is 28.9. The van der Waals surface area contributed by atoms with Crippen molar-refractivity contribution in [3.05, 3.63) is 0 Å². The molecule has 0 fully saturated rings. The van der Waals surface area contributed by atoms with E-state index in [1.54, 1.807) is 0 Å². The van der Waals surface area contributed by atoms with Crippen LogP contribution in [0.1, 0.15) is 55.4 Å². The molecule has 0 atom stereocenters. The van der Waals surface area contributed by atoms with Gasteiger partial charge >= 0.3 is 84.3 Å². The van der Waals surface area contributed by atoms with Crippen molar-refractivity contribution in [2.75, 3.05) is 0 Å². The Hall–Kier alpha value is -1.49. The minimum atomic E-state index is -1.08. The van der Waals surface area contributed by atoms with E-state index in [1.165, 1.54) is 0 Å². The average Bonchev–Trinajstić information content (AvgIpc) is 2.30. The summed E-state index contributed by atoms with van der Waals surface area (Å²) in [4.78, 5) is 71.1. The minimum absolute atomic E-state index is 0. The summed E-state index contributed by atoms with van der Waals surface area (Å²) in [6.07, 6.45) is 0. The number of carboxylic acid groups (broad SMARTS) is 8. The second-order valence-electron chi connectivity index (χ2n) is 3.93. The van der Waals surface area contributed by atoms with Crippen molar-refractivity contribution in [2.45, 2.75) is 55.4 Å². The molecule has 36 heavy (non-hydrogen) atoms. The molecule has 20 heteroatoms. The first kappa shape index (κ1) is 76.5. The van der Waals surface area contributed by atoms with Crippen molar-refractivity contribution in [1.29, 1.82) is 0 Å². The first-order valence-electron chi connectivity index (χ1n) is 7.27. The van der Waals surface area contributed by atoms with Crippen LogP contribution in [0, 0.1) is 0 Å². The van der Waals surface area contributed by atoms with Gasteiger partial charge < -0.3 is 79.2 Å². The number of carboxylic acids is 8. The van der Waals surface area contributed by atoms with E-state index in [0.29, 0.717) is 0 Å². The smallest absolute Gasteiger partial charge is 0.550 e. The normalized spacial score (nSPS) is 5.56. The third-order valence-electron chi connectivity index (χ3n) is 0. The molecule has 0 rings (SSSR count). The molecule has 0 saturated carbocycles. The van der Waals surface area contributed by atoms with Gasteiger partial charge in [-0.3, -0.25) is 0 Å². The molecule has 0 aliphatic carbocycles. The van der Waals surface area contributed by atoms with Crippen molar-refractivity contribution in [1.82, 2.24) is 0 Å². The summed E-state index contributed by atoms with van der Waals surface area (Å²) in [5.41, 5.74) is 0. The molecule has 0 aliphatic rings. The van der Waals surface area contributed by atoms with Gasteiger partial charge in [0.1, 0.15) is 0 Å². The molecule has 0 aromatic carbocycles. The summed E-state index contributed by atoms with van der Waals surface area (Å²) >= 11 is 0. The third kappa shape index (κ3) is 14600. The Kier molecular flexibility index (Phi) is 148. The molecule has 0 N–H and O–H groups in total. The van der Waals surface area contributed by atoms with E-state index < -0.39 is 47.8 Å². The molecule has 0 heterocycles. The van der Waals surface area contributed by atoms with E-state index in [2.05, 4.69) is 0 Å². The second-order valence-corrected chi connectivity index (χ2v) is 3.93. The van der Waals surface area contributed by atoms with Gasteiger partial charge in [-0.05, 0) is 55.4 Å². The Balaban J connectivity index is -0.0000000180. The van der Waals surface area contributed by atoms with E-state index in [4.69, 9.17) is 79.2 Å². The Labute approximate surface area is 264 Å². The molecule has 224 valence electrons. The summed E-state index contributed by atoms with van der Waals surface area (Å²) < 4.78 is 0. The van der Waals surface area contributed by atoms with Crippen LogP contribution in [0.15, 0.2) is 0 Å². The molecular weight excluding hydrogens is 1230 g/mol. The molecule has 16 nitrogen and oxygen atoms in total. The number of aliphatic carboxylic acids is 8. The van der Waals surface area contributed by atoms with Crippen LogP contribution in [0.25, 0.3) is 0 Å². The molecule has 0 saturated heterocycles. The number of carbonyl (C=O) groups is 8. The standard InChI is InChI=1S/8C2H4O2.4Pt/c8*1-2(3)4;;;;/h8*1H3,(H,3,4);;;;/q;;;;;;;;4*+2/p-8. The predicted molar refractivity (Wildman–Crippen MR) is 85.4 cm³/mol. The summed E-state index contributed by atoms with van der Waals surface area (Å²) in [5, 5.41) is 71.1. The Bertz CT molecular complexity index is 378. The Morgan fingerprint density at radius 1 is 0.250 bits per heavy atom. The van der Waals surface area contributed by atoms with Gasteiger partial charge in [0, 0.05) is 47.8 Å².